The lowest BCUT2D eigenvalue weighted by atomic mass is 10.2. The van der Waals surface area contributed by atoms with Gasteiger partial charge in [-0.15, -0.1) is 0 Å². The van der Waals surface area contributed by atoms with Crippen LogP contribution in [0.3, 0.4) is 0 Å². The average molecular weight is 219 g/mol. The lowest BCUT2D eigenvalue weighted by Gasteiger charge is -2.05. The Bertz CT molecular complexity index is 452. The number of nitriles is 1. The highest BCUT2D eigenvalue weighted by atomic mass is 16.5. The van der Waals surface area contributed by atoms with Crippen molar-refractivity contribution in [2.75, 3.05) is 0 Å². The summed E-state index contributed by atoms with van der Waals surface area (Å²) in [5.74, 6) is -0.610. The molecule has 0 aliphatic rings. The van der Waals surface area contributed by atoms with Gasteiger partial charge >= 0.3 is 5.97 Å². The summed E-state index contributed by atoms with van der Waals surface area (Å²) < 4.78 is 6.52. The molecule has 0 fully saturated rings. The first-order valence-corrected chi connectivity index (χ1v) is 4.84. The molecule has 0 saturated carbocycles. The van der Waals surface area contributed by atoms with Gasteiger partial charge in [-0.3, -0.25) is 4.68 Å². The van der Waals surface area contributed by atoms with Crippen LogP contribution in [0.1, 0.15) is 19.4 Å². The molecule has 0 radical (unpaired) electrons. The topological polar surface area (TPSA) is 67.9 Å². The van der Waals surface area contributed by atoms with Gasteiger partial charge in [0.15, 0.2) is 0 Å². The van der Waals surface area contributed by atoms with Gasteiger partial charge < -0.3 is 4.74 Å². The first kappa shape index (κ1) is 12.0. The highest BCUT2D eigenvalue weighted by Gasteiger charge is 2.12. The zero-order chi connectivity index (χ0) is 12.1. The molecule has 1 aromatic heterocycles. The summed E-state index contributed by atoms with van der Waals surface area (Å²) in [4.78, 5) is 11.5. The normalized spacial score (nSPS) is 11.3. The second kappa shape index (κ2) is 5.12. The van der Waals surface area contributed by atoms with Crippen LogP contribution in [-0.4, -0.2) is 21.9 Å². The third kappa shape index (κ3) is 3.24. The number of hydrogen-bond donors (Lipinski definition) is 0. The molecule has 0 aliphatic carbocycles. The van der Waals surface area contributed by atoms with Crippen LogP contribution >= 0.6 is 0 Å². The molecule has 1 aromatic rings. The lowest BCUT2D eigenvalue weighted by molar-refractivity contribution is -0.142. The highest BCUT2D eigenvalue weighted by Crippen LogP contribution is 2.07. The second-order valence-corrected chi connectivity index (χ2v) is 3.57. The van der Waals surface area contributed by atoms with E-state index in [1.165, 1.54) is 6.08 Å². The number of ether oxygens (including phenoxy) is 1. The van der Waals surface area contributed by atoms with Crippen LogP contribution in [-0.2, 0) is 16.6 Å². The van der Waals surface area contributed by atoms with E-state index >= 15 is 0 Å². The third-order valence-electron chi connectivity index (χ3n) is 1.72. The molecule has 0 unspecified atom stereocenters. The van der Waals surface area contributed by atoms with Crippen LogP contribution in [0.15, 0.2) is 18.0 Å². The number of aromatic nitrogens is 2. The second-order valence-electron chi connectivity index (χ2n) is 3.57. The standard InChI is InChI=1S/C11H13N3O2/c1-8(2)16-11(15)10(5-12)4-9-6-13-14(3)7-9/h4,6-8H,1-3H3. The van der Waals surface area contributed by atoms with E-state index in [1.807, 2.05) is 6.07 Å². The van der Waals surface area contributed by atoms with Gasteiger partial charge in [-0.05, 0) is 19.9 Å². The quantitative estimate of drug-likeness (QED) is 0.436. The number of rotatable bonds is 3. The fourth-order valence-electron chi connectivity index (χ4n) is 1.10. The molecule has 1 heterocycles. The third-order valence-corrected chi connectivity index (χ3v) is 1.72. The molecule has 0 aromatic carbocycles. The molecule has 0 amide bonds. The van der Waals surface area contributed by atoms with Crippen molar-refractivity contribution in [3.8, 4) is 6.07 Å². The van der Waals surface area contributed by atoms with E-state index < -0.39 is 5.97 Å². The minimum absolute atomic E-state index is 0.0262. The first-order valence-electron chi connectivity index (χ1n) is 4.84. The van der Waals surface area contributed by atoms with Crippen LogP contribution in [0.2, 0.25) is 0 Å². The van der Waals surface area contributed by atoms with Gasteiger partial charge in [0, 0.05) is 18.8 Å². The summed E-state index contributed by atoms with van der Waals surface area (Å²) in [6.45, 7) is 3.47. The van der Waals surface area contributed by atoms with Gasteiger partial charge in [-0.25, -0.2) is 4.79 Å². The predicted molar refractivity (Wildman–Crippen MR) is 58.0 cm³/mol. The van der Waals surface area contributed by atoms with Crippen LogP contribution in [0.4, 0.5) is 0 Å². The van der Waals surface area contributed by atoms with Crippen molar-refractivity contribution in [2.24, 2.45) is 7.05 Å². The fourth-order valence-corrected chi connectivity index (χ4v) is 1.10. The molecule has 0 atom stereocenters. The maximum Gasteiger partial charge on any atom is 0.349 e. The molecule has 16 heavy (non-hydrogen) atoms. The Morgan fingerprint density at radius 2 is 2.38 bits per heavy atom. The molecule has 5 nitrogen and oxygen atoms in total. The van der Waals surface area contributed by atoms with Crippen molar-refractivity contribution in [3.63, 3.8) is 0 Å². The molecule has 5 heteroatoms. The number of esters is 1. The molecule has 0 bridgehead atoms. The Hall–Kier alpha value is -2.09. The molecular formula is C11H13N3O2. The fraction of sp³-hybridized carbons (Fsp3) is 0.364. The molecule has 0 saturated heterocycles. The maximum absolute atomic E-state index is 11.5. The maximum atomic E-state index is 11.5. The van der Waals surface area contributed by atoms with E-state index in [-0.39, 0.29) is 11.7 Å². The van der Waals surface area contributed by atoms with Crippen molar-refractivity contribution in [2.45, 2.75) is 20.0 Å². The van der Waals surface area contributed by atoms with Crippen LogP contribution in [0.25, 0.3) is 6.08 Å². The van der Waals surface area contributed by atoms with Crippen molar-refractivity contribution < 1.29 is 9.53 Å². The number of carbonyl (C=O) groups excluding carboxylic acids is 1. The summed E-state index contributed by atoms with van der Waals surface area (Å²) in [6.07, 6.45) is 4.50. The Labute approximate surface area is 93.9 Å². The summed E-state index contributed by atoms with van der Waals surface area (Å²) in [5.41, 5.74) is 0.668. The SMILES string of the molecule is CC(C)OC(=O)C(C#N)=Cc1cnn(C)c1. The highest BCUT2D eigenvalue weighted by molar-refractivity contribution is 5.97. The first-order chi connectivity index (χ1) is 7.52. The van der Waals surface area contributed by atoms with Gasteiger partial charge in [0.05, 0.1) is 12.3 Å². The van der Waals surface area contributed by atoms with Gasteiger partial charge in [-0.1, -0.05) is 0 Å². The molecule has 1 rings (SSSR count). The zero-order valence-electron chi connectivity index (χ0n) is 9.47. The number of hydrogen-bond acceptors (Lipinski definition) is 4. The monoisotopic (exact) mass is 219 g/mol. The summed E-state index contributed by atoms with van der Waals surface area (Å²) in [7, 11) is 1.76. The largest absolute Gasteiger partial charge is 0.459 e. The van der Waals surface area contributed by atoms with E-state index in [0.717, 1.165) is 0 Å². The molecule has 0 aliphatic heterocycles. The van der Waals surface area contributed by atoms with E-state index in [4.69, 9.17) is 10.00 Å². The van der Waals surface area contributed by atoms with E-state index in [9.17, 15) is 4.79 Å². The van der Waals surface area contributed by atoms with Crippen LogP contribution < -0.4 is 0 Å². The summed E-state index contributed by atoms with van der Waals surface area (Å²) >= 11 is 0. The van der Waals surface area contributed by atoms with Crippen molar-refractivity contribution in [1.82, 2.24) is 9.78 Å². The minimum atomic E-state index is -0.610. The number of aryl methyl sites for hydroxylation is 1. The van der Waals surface area contributed by atoms with E-state index in [1.54, 1.807) is 38.0 Å². The predicted octanol–water partition coefficient (Wildman–Crippen LogP) is 1.28. The molecule has 84 valence electrons. The summed E-state index contributed by atoms with van der Waals surface area (Å²) in [5, 5.41) is 12.8. The Kier molecular flexibility index (Phi) is 3.84. The van der Waals surface area contributed by atoms with Crippen molar-refractivity contribution >= 4 is 12.0 Å². The van der Waals surface area contributed by atoms with Crippen molar-refractivity contribution in [3.05, 3.63) is 23.5 Å². The van der Waals surface area contributed by atoms with E-state index in [2.05, 4.69) is 5.10 Å². The van der Waals surface area contributed by atoms with Gasteiger partial charge in [0.25, 0.3) is 0 Å². The smallest absolute Gasteiger partial charge is 0.349 e. The molecule has 0 N–H and O–H groups in total. The lowest BCUT2D eigenvalue weighted by Crippen LogP contribution is -2.12. The average Bonchev–Trinajstić information content (AvgIpc) is 2.59. The Balaban J connectivity index is 2.87. The molecular weight excluding hydrogens is 206 g/mol. The van der Waals surface area contributed by atoms with Crippen molar-refractivity contribution in [1.29, 1.82) is 5.26 Å². The molecule has 0 spiro atoms. The number of carbonyl (C=O) groups is 1. The zero-order valence-corrected chi connectivity index (χ0v) is 9.47. The van der Waals surface area contributed by atoms with Crippen LogP contribution in [0, 0.1) is 11.3 Å². The minimum Gasteiger partial charge on any atom is -0.459 e. The van der Waals surface area contributed by atoms with Crippen LogP contribution in [0.5, 0.6) is 0 Å². The van der Waals surface area contributed by atoms with Gasteiger partial charge in [0.1, 0.15) is 11.6 Å². The summed E-state index contributed by atoms with van der Waals surface area (Å²) in [6, 6.07) is 1.81. The van der Waals surface area contributed by atoms with Gasteiger partial charge in [0.2, 0.25) is 0 Å². The Morgan fingerprint density at radius 3 is 2.81 bits per heavy atom. The Morgan fingerprint density at radius 1 is 1.69 bits per heavy atom. The number of nitrogens with zero attached hydrogens (tertiary/aromatic N) is 3. The van der Waals surface area contributed by atoms with Gasteiger partial charge in [-0.2, -0.15) is 10.4 Å². The van der Waals surface area contributed by atoms with E-state index in [0.29, 0.717) is 5.56 Å².